The first-order valence-electron chi connectivity index (χ1n) is 7.25. The summed E-state index contributed by atoms with van der Waals surface area (Å²) in [5, 5.41) is 13.0. The van der Waals surface area contributed by atoms with Crippen molar-refractivity contribution in [3.63, 3.8) is 0 Å². The van der Waals surface area contributed by atoms with Crippen LogP contribution in [0.15, 0.2) is 30.3 Å². The van der Waals surface area contributed by atoms with Crippen LogP contribution in [-0.4, -0.2) is 23.3 Å². The summed E-state index contributed by atoms with van der Waals surface area (Å²) in [5.41, 5.74) is 0.435. The lowest BCUT2D eigenvalue weighted by atomic mass is 10.00. The Labute approximate surface area is 121 Å². The zero-order valence-corrected chi connectivity index (χ0v) is 12.7. The normalized spacial score (nSPS) is 13.8. The number of benzene rings is 1. The van der Waals surface area contributed by atoms with Crippen molar-refractivity contribution in [2.45, 2.75) is 51.7 Å². The second-order valence-corrected chi connectivity index (χ2v) is 5.97. The number of halogens is 1. The van der Waals surface area contributed by atoms with Crippen molar-refractivity contribution in [3.05, 3.63) is 41.7 Å². The standard InChI is InChI=1S/C17H26FNO/c1-14(6-4-12-17(2,3)20)19-13-5-7-15-8-10-16(18)11-9-15/h5,7-11,14,19-20H,4,6,12-13H2,1-3H3/b7-5+. The molecule has 20 heavy (non-hydrogen) atoms. The van der Waals surface area contributed by atoms with E-state index in [4.69, 9.17) is 0 Å². The molecule has 1 aromatic rings. The summed E-state index contributed by atoms with van der Waals surface area (Å²) in [6.45, 7) is 6.63. The van der Waals surface area contributed by atoms with Gasteiger partial charge in [0.15, 0.2) is 0 Å². The highest BCUT2D eigenvalue weighted by atomic mass is 19.1. The maximum absolute atomic E-state index is 12.7. The Morgan fingerprint density at radius 3 is 2.55 bits per heavy atom. The lowest BCUT2D eigenvalue weighted by Gasteiger charge is -2.18. The zero-order valence-electron chi connectivity index (χ0n) is 12.7. The quantitative estimate of drug-likeness (QED) is 0.759. The second kappa shape index (κ2) is 8.18. The van der Waals surface area contributed by atoms with E-state index in [9.17, 15) is 9.50 Å². The average Bonchev–Trinajstić information content (AvgIpc) is 2.35. The minimum Gasteiger partial charge on any atom is -0.390 e. The van der Waals surface area contributed by atoms with Crippen LogP contribution >= 0.6 is 0 Å². The van der Waals surface area contributed by atoms with Gasteiger partial charge in [-0.3, -0.25) is 0 Å². The fraction of sp³-hybridized carbons (Fsp3) is 0.529. The molecular weight excluding hydrogens is 253 g/mol. The molecule has 1 rings (SSSR count). The van der Waals surface area contributed by atoms with Gasteiger partial charge in [0.1, 0.15) is 5.82 Å². The molecule has 2 N–H and O–H groups in total. The molecule has 0 aliphatic carbocycles. The van der Waals surface area contributed by atoms with Gasteiger partial charge in [-0.1, -0.05) is 24.3 Å². The summed E-state index contributed by atoms with van der Waals surface area (Å²) in [7, 11) is 0. The number of nitrogens with one attached hydrogen (secondary N) is 1. The third-order valence-electron chi connectivity index (χ3n) is 3.19. The fourth-order valence-electron chi connectivity index (χ4n) is 1.98. The van der Waals surface area contributed by atoms with Crippen LogP contribution in [0, 0.1) is 5.82 Å². The third-order valence-corrected chi connectivity index (χ3v) is 3.19. The van der Waals surface area contributed by atoms with Crippen molar-refractivity contribution in [1.82, 2.24) is 5.32 Å². The SMILES string of the molecule is CC(CCCC(C)(C)O)NC/C=C/c1ccc(F)cc1. The molecule has 0 aliphatic rings. The largest absolute Gasteiger partial charge is 0.390 e. The molecule has 0 aliphatic heterocycles. The van der Waals surface area contributed by atoms with Gasteiger partial charge in [-0.15, -0.1) is 0 Å². The molecule has 0 saturated heterocycles. The van der Waals surface area contributed by atoms with Crippen LogP contribution in [0.2, 0.25) is 0 Å². The van der Waals surface area contributed by atoms with Crippen LogP contribution in [0.5, 0.6) is 0 Å². The molecule has 0 amide bonds. The molecule has 1 aromatic carbocycles. The molecule has 0 aromatic heterocycles. The molecule has 0 radical (unpaired) electrons. The maximum Gasteiger partial charge on any atom is 0.123 e. The zero-order chi connectivity index (χ0) is 15.0. The van der Waals surface area contributed by atoms with Crippen molar-refractivity contribution in [2.75, 3.05) is 6.54 Å². The molecule has 0 fully saturated rings. The summed E-state index contributed by atoms with van der Waals surface area (Å²) in [6.07, 6.45) is 6.91. The van der Waals surface area contributed by atoms with E-state index in [0.29, 0.717) is 6.04 Å². The minimum absolute atomic E-state index is 0.208. The molecule has 1 unspecified atom stereocenters. The van der Waals surface area contributed by atoms with E-state index in [2.05, 4.69) is 12.2 Å². The van der Waals surface area contributed by atoms with E-state index in [0.717, 1.165) is 31.4 Å². The predicted molar refractivity (Wildman–Crippen MR) is 83.0 cm³/mol. The Morgan fingerprint density at radius 2 is 1.95 bits per heavy atom. The maximum atomic E-state index is 12.7. The second-order valence-electron chi connectivity index (χ2n) is 5.97. The highest BCUT2D eigenvalue weighted by molar-refractivity contribution is 5.48. The van der Waals surface area contributed by atoms with Crippen molar-refractivity contribution in [1.29, 1.82) is 0 Å². The minimum atomic E-state index is -0.567. The Balaban J connectivity index is 2.18. The van der Waals surface area contributed by atoms with Gasteiger partial charge in [0.05, 0.1) is 5.60 Å². The van der Waals surface area contributed by atoms with Crippen LogP contribution in [0.25, 0.3) is 6.08 Å². The van der Waals surface area contributed by atoms with Gasteiger partial charge in [0.2, 0.25) is 0 Å². The van der Waals surface area contributed by atoms with Crippen molar-refractivity contribution in [2.24, 2.45) is 0 Å². The lowest BCUT2D eigenvalue weighted by molar-refractivity contribution is 0.0675. The monoisotopic (exact) mass is 279 g/mol. The molecular formula is C17H26FNO. The summed E-state index contributed by atoms with van der Waals surface area (Å²) in [6, 6.07) is 6.88. The van der Waals surface area contributed by atoms with E-state index in [1.54, 1.807) is 12.1 Å². The summed E-state index contributed by atoms with van der Waals surface area (Å²) >= 11 is 0. The van der Waals surface area contributed by atoms with E-state index in [1.165, 1.54) is 12.1 Å². The van der Waals surface area contributed by atoms with Crippen LogP contribution in [-0.2, 0) is 0 Å². The van der Waals surface area contributed by atoms with Gasteiger partial charge < -0.3 is 10.4 Å². The van der Waals surface area contributed by atoms with Crippen molar-refractivity contribution < 1.29 is 9.50 Å². The number of rotatable bonds is 8. The highest BCUT2D eigenvalue weighted by Gasteiger charge is 2.12. The molecule has 0 spiro atoms. The fourth-order valence-corrected chi connectivity index (χ4v) is 1.98. The van der Waals surface area contributed by atoms with E-state index in [1.807, 2.05) is 26.0 Å². The van der Waals surface area contributed by atoms with Gasteiger partial charge in [-0.2, -0.15) is 0 Å². The first kappa shape index (κ1) is 16.9. The van der Waals surface area contributed by atoms with Crippen LogP contribution in [0.1, 0.15) is 45.6 Å². The van der Waals surface area contributed by atoms with Gasteiger partial charge in [-0.25, -0.2) is 4.39 Å². The number of hydrogen-bond acceptors (Lipinski definition) is 2. The Morgan fingerprint density at radius 1 is 1.30 bits per heavy atom. The number of aliphatic hydroxyl groups is 1. The first-order valence-corrected chi connectivity index (χ1v) is 7.25. The molecule has 0 heterocycles. The van der Waals surface area contributed by atoms with Crippen LogP contribution in [0.4, 0.5) is 4.39 Å². The van der Waals surface area contributed by atoms with Gasteiger partial charge >= 0.3 is 0 Å². The Bertz CT molecular complexity index is 406. The van der Waals surface area contributed by atoms with Crippen LogP contribution in [0.3, 0.4) is 0 Å². The topological polar surface area (TPSA) is 32.3 Å². The Hall–Kier alpha value is -1.19. The Kier molecular flexibility index (Phi) is 6.89. The molecule has 3 heteroatoms. The average molecular weight is 279 g/mol. The molecule has 2 nitrogen and oxygen atoms in total. The summed E-state index contributed by atoms with van der Waals surface area (Å²) in [4.78, 5) is 0. The summed E-state index contributed by atoms with van der Waals surface area (Å²) < 4.78 is 12.7. The van der Waals surface area contributed by atoms with Crippen molar-refractivity contribution >= 4 is 6.08 Å². The van der Waals surface area contributed by atoms with E-state index < -0.39 is 5.60 Å². The number of hydrogen-bond donors (Lipinski definition) is 2. The van der Waals surface area contributed by atoms with Crippen LogP contribution < -0.4 is 5.32 Å². The van der Waals surface area contributed by atoms with Gasteiger partial charge in [-0.05, 0) is 57.7 Å². The lowest BCUT2D eigenvalue weighted by Crippen LogP contribution is -2.27. The predicted octanol–water partition coefficient (Wildman–Crippen LogP) is 3.76. The molecule has 1 atom stereocenters. The van der Waals surface area contributed by atoms with Gasteiger partial charge in [0.25, 0.3) is 0 Å². The molecule has 112 valence electrons. The molecule has 0 saturated carbocycles. The third kappa shape index (κ3) is 8.08. The summed E-state index contributed by atoms with van der Waals surface area (Å²) in [5.74, 6) is -0.208. The molecule has 0 bridgehead atoms. The van der Waals surface area contributed by atoms with E-state index in [-0.39, 0.29) is 5.82 Å². The first-order chi connectivity index (χ1) is 9.37. The van der Waals surface area contributed by atoms with Crippen molar-refractivity contribution in [3.8, 4) is 0 Å². The van der Waals surface area contributed by atoms with Gasteiger partial charge in [0, 0.05) is 12.6 Å². The highest BCUT2D eigenvalue weighted by Crippen LogP contribution is 2.13. The smallest absolute Gasteiger partial charge is 0.123 e. The van der Waals surface area contributed by atoms with E-state index >= 15 is 0 Å².